The quantitative estimate of drug-likeness (QED) is 0.364. The van der Waals surface area contributed by atoms with Crippen LogP contribution in [0.2, 0.25) is 0 Å². The Kier molecular flexibility index (Phi) is 7.03. The molecular weight excluding hydrogens is 430 g/mol. The van der Waals surface area contributed by atoms with Crippen LogP contribution in [0.25, 0.3) is 11.0 Å². The monoisotopic (exact) mass is 453 g/mol. The van der Waals surface area contributed by atoms with E-state index in [1.807, 2.05) is 36.4 Å². The van der Waals surface area contributed by atoms with E-state index in [1.165, 1.54) is 11.8 Å². The first-order valence-corrected chi connectivity index (χ1v) is 11.0. The third-order valence-electron chi connectivity index (χ3n) is 4.67. The molecule has 32 heavy (non-hydrogen) atoms. The predicted molar refractivity (Wildman–Crippen MR) is 121 cm³/mol. The largest absolute Gasteiger partial charge is 0.495 e. The maximum atomic E-state index is 12.4. The first kappa shape index (κ1) is 21.8. The van der Waals surface area contributed by atoms with Gasteiger partial charge in [-0.05, 0) is 24.3 Å². The number of thioether (sulfide) groups is 1. The molecule has 0 aliphatic heterocycles. The van der Waals surface area contributed by atoms with Crippen LogP contribution in [0, 0.1) is 0 Å². The van der Waals surface area contributed by atoms with Crippen LogP contribution in [0.5, 0.6) is 5.75 Å². The number of fused-ring (bicyclic) bond motifs is 1. The fourth-order valence-corrected chi connectivity index (χ4v) is 4.07. The lowest BCUT2D eigenvalue weighted by molar-refractivity contribution is -0.115. The first-order valence-electron chi connectivity index (χ1n) is 9.99. The summed E-state index contributed by atoms with van der Waals surface area (Å²) in [4.78, 5) is 21.4. The van der Waals surface area contributed by atoms with Crippen molar-refractivity contribution in [2.24, 2.45) is 0 Å². The summed E-state index contributed by atoms with van der Waals surface area (Å²) in [5.41, 5.74) is 2.56. The van der Waals surface area contributed by atoms with E-state index in [9.17, 15) is 4.79 Å². The molecule has 4 rings (SSSR count). The van der Waals surface area contributed by atoms with Gasteiger partial charge in [0.2, 0.25) is 11.8 Å². The lowest BCUT2D eigenvalue weighted by Crippen LogP contribution is -2.15. The summed E-state index contributed by atoms with van der Waals surface area (Å²) in [6.07, 6.45) is -0.00142. The van der Waals surface area contributed by atoms with Crippen LogP contribution >= 0.6 is 11.8 Å². The van der Waals surface area contributed by atoms with Crippen molar-refractivity contribution in [2.75, 3.05) is 26.1 Å². The lowest BCUT2D eigenvalue weighted by Gasteiger charge is -2.08. The van der Waals surface area contributed by atoms with Crippen LogP contribution < -0.4 is 10.1 Å². The zero-order chi connectivity index (χ0) is 22.3. The van der Waals surface area contributed by atoms with Gasteiger partial charge in [0.25, 0.3) is 0 Å². The topological polar surface area (TPSA) is 104 Å². The second-order valence-electron chi connectivity index (χ2n) is 6.85. The van der Waals surface area contributed by atoms with Crippen LogP contribution in [-0.2, 0) is 28.2 Å². The van der Waals surface area contributed by atoms with Crippen LogP contribution in [0.3, 0.4) is 0 Å². The molecule has 0 fully saturated rings. The summed E-state index contributed by atoms with van der Waals surface area (Å²) in [5, 5.41) is 7.58. The predicted octanol–water partition coefficient (Wildman–Crippen LogP) is 3.55. The number of anilines is 1. The molecule has 1 amide bonds. The van der Waals surface area contributed by atoms with Gasteiger partial charge in [-0.25, -0.2) is 4.98 Å². The Morgan fingerprint density at radius 2 is 1.94 bits per heavy atom. The number of carbonyl (C=O) groups is 1. The fraction of sp³-hybridized carbons (Fsp3) is 0.273. The van der Waals surface area contributed by atoms with E-state index in [4.69, 9.17) is 19.0 Å². The third kappa shape index (κ3) is 5.09. The molecule has 0 saturated carbocycles. The van der Waals surface area contributed by atoms with Gasteiger partial charge < -0.3 is 23.9 Å². The van der Waals surface area contributed by atoms with Crippen molar-refractivity contribution in [3.05, 3.63) is 60.2 Å². The van der Waals surface area contributed by atoms with Gasteiger partial charge in [0, 0.05) is 13.7 Å². The van der Waals surface area contributed by atoms with Gasteiger partial charge in [0.05, 0.1) is 42.6 Å². The number of nitrogens with one attached hydrogen (secondary N) is 1. The first-order chi connectivity index (χ1) is 15.7. The molecule has 0 bridgehead atoms. The van der Waals surface area contributed by atoms with Crippen molar-refractivity contribution in [2.45, 2.75) is 23.9 Å². The molecule has 0 atom stereocenters. The van der Waals surface area contributed by atoms with Gasteiger partial charge >= 0.3 is 0 Å². The molecule has 0 spiro atoms. The van der Waals surface area contributed by atoms with E-state index in [0.717, 1.165) is 16.2 Å². The smallest absolute Gasteiger partial charge is 0.237 e. The number of amides is 1. The minimum atomic E-state index is -0.254. The van der Waals surface area contributed by atoms with E-state index in [0.29, 0.717) is 42.1 Å². The van der Waals surface area contributed by atoms with Crippen LogP contribution in [0.4, 0.5) is 5.69 Å². The molecule has 166 valence electrons. The number of methoxy groups -OCH3 is 2. The van der Waals surface area contributed by atoms with Gasteiger partial charge in [0.1, 0.15) is 5.75 Å². The number of hydrogen-bond donors (Lipinski definition) is 1. The minimum absolute atomic E-state index is 0.00142. The number of nitrogens with zero attached hydrogens (tertiary/aromatic N) is 4. The zero-order valence-corrected chi connectivity index (χ0v) is 18.6. The summed E-state index contributed by atoms with van der Waals surface area (Å²) in [6.45, 7) is 1.28. The SMILES string of the molecule is COCCn1c(SCc2nc(CC(=O)Nc3ccccc3OC)no2)nc2ccccc21. The molecule has 2 aromatic carbocycles. The Morgan fingerprint density at radius 1 is 1.12 bits per heavy atom. The van der Waals surface area contributed by atoms with Crippen molar-refractivity contribution >= 4 is 34.4 Å². The summed E-state index contributed by atoms with van der Waals surface area (Å²) >= 11 is 1.50. The van der Waals surface area contributed by atoms with Gasteiger partial charge in [-0.15, -0.1) is 0 Å². The van der Waals surface area contributed by atoms with Crippen LogP contribution in [0.15, 0.2) is 58.2 Å². The molecule has 1 N–H and O–H groups in total. The summed E-state index contributed by atoms with van der Waals surface area (Å²) in [6, 6.07) is 15.2. The van der Waals surface area contributed by atoms with Crippen molar-refractivity contribution in [3.63, 3.8) is 0 Å². The average molecular weight is 454 g/mol. The highest BCUT2D eigenvalue weighted by molar-refractivity contribution is 7.98. The second-order valence-corrected chi connectivity index (χ2v) is 7.79. The van der Waals surface area contributed by atoms with E-state index in [-0.39, 0.29) is 12.3 Å². The van der Waals surface area contributed by atoms with Crippen molar-refractivity contribution < 1.29 is 18.8 Å². The van der Waals surface area contributed by atoms with E-state index < -0.39 is 0 Å². The maximum absolute atomic E-state index is 12.4. The zero-order valence-electron chi connectivity index (χ0n) is 17.8. The van der Waals surface area contributed by atoms with Crippen molar-refractivity contribution in [1.82, 2.24) is 19.7 Å². The molecule has 0 aliphatic carbocycles. The van der Waals surface area contributed by atoms with Gasteiger partial charge in [-0.3, -0.25) is 4.79 Å². The Hall–Kier alpha value is -3.37. The number of rotatable bonds is 10. The molecule has 9 nitrogen and oxygen atoms in total. The number of benzene rings is 2. The molecule has 0 radical (unpaired) electrons. The third-order valence-corrected chi connectivity index (χ3v) is 5.63. The fourth-order valence-electron chi connectivity index (χ4n) is 3.20. The second kappa shape index (κ2) is 10.3. The van der Waals surface area contributed by atoms with E-state index in [1.54, 1.807) is 26.4 Å². The Bertz CT molecular complexity index is 1210. The highest BCUT2D eigenvalue weighted by Crippen LogP contribution is 2.27. The minimum Gasteiger partial charge on any atom is -0.495 e. The molecule has 4 aromatic rings. The number of hydrogen-bond acceptors (Lipinski definition) is 8. The van der Waals surface area contributed by atoms with Crippen molar-refractivity contribution in [3.8, 4) is 5.75 Å². The summed E-state index contributed by atoms with van der Waals surface area (Å²) in [7, 11) is 3.23. The number of imidazole rings is 1. The molecule has 2 heterocycles. The Labute approximate surface area is 189 Å². The molecule has 0 saturated heterocycles. The normalized spacial score (nSPS) is 11.1. The van der Waals surface area contributed by atoms with Crippen molar-refractivity contribution in [1.29, 1.82) is 0 Å². The van der Waals surface area contributed by atoms with E-state index >= 15 is 0 Å². The molecule has 0 unspecified atom stereocenters. The molecular formula is C22H23N5O4S. The van der Waals surface area contributed by atoms with Crippen LogP contribution in [0.1, 0.15) is 11.7 Å². The van der Waals surface area contributed by atoms with Gasteiger partial charge in [0.15, 0.2) is 11.0 Å². The standard InChI is InChI=1S/C22H23N5O4S/c1-29-12-11-27-17-9-5-3-7-15(17)24-22(27)32-14-21-25-19(26-31-21)13-20(28)23-16-8-4-6-10-18(16)30-2/h3-10H,11-14H2,1-2H3,(H,23,28). The highest BCUT2D eigenvalue weighted by atomic mass is 32.2. The van der Waals surface area contributed by atoms with E-state index in [2.05, 4.69) is 20.0 Å². The van der Waals surface area contributed by atoms with Gasteiger partial charge in [-0.2, -0.15) is 4.98 Å². The molecule has 10 heteroatoms. The maximum Gasteiger partial charge on any atom is 0.237 e. The lowest BCUT2D eigenvalue weighted by atomic mass is 10.2. The van der Waals surface area contributed by atoms with Crippen LogP contribution in [-0.4, -0.2) is 46.4 Å². The molecule has 2 aromatic heterocycles. The number of aromatic nitrogens is 4. The summed E-state index contributed by atoms with van der Waals surface area (Å²) in [5.74, 6) is 1.52. The Balaban J connectivity index is 1.39. The number of para-hydroxylation sites is 4. The average Bonchev–Trinajstić information content (AvgIpc) is 3.40. The number of ether oxygens (including phenoxy) is 2. The van der Waals surface area contributed by atoms with Gasteiger partial charge in [-0.1, -0.05) is 41.2 Å². The Morgan fingerprint density at radius 3 is 2.78 bits per heavy atom. The highest BCUT2D eigenvalue weighted by Gasteiger charge is 2.15. The number of carbonyl (C=O) groups excluding carboxylic acids is 1. The molecule has 0 aliphatic rings. The summed E-state index contributed by atoms with van der Waals surface area (Å²) < 4.78 is 17.9.